The Morgan fingerprint density at radius 1 is 1.33 bits per heavy atom. The van der Waals surface area contributed by atoms with Gasteiger partial charge in [-0.2, -0.15) is 0 Å². The van der Waals surface area contributed by atoms with Gasteiger partial charge in [0.05, 0.1) is 15.7 Å². The highest BCUT2D eigenvalue weighted by molar-refractivity contribution is 7.14. The molecule has 0 saturated heterocycles. The average Bonchev–Trinajstić information content (AvgIpc) is 2.81. The zero-order valence-electron chi connectivity index (χ0n) is 8.91. The fraction of sp³-hybridized carbons (Fsp3) is 0.0909. The zero-order chi connectivity index (χ0) is 13.1. The molecule has 7 heteroatoms. The molecule has 0 bridgehead atoms. The molecule has 0 aliphatic heterocycles. The number of anilines is 1. The molecule has 0 aliphatic rings. The summed E-state index contributed by atoms with van der Waals surface area (Å²) >= 11 is 18.5. The van der Waals surface area contributed by atoms with Crippen molar-refractivity contribution >= 4 is 57.2 Å². The molecule has 2 aromatic rings. The molecule has 0 unspecified atom stereocenters. The van der Waals surface area contributed by atoms with E-state index < -0.39 is 0 Å². The average molecular weight is 322 g/mol. The molecule has 0 saturated carbocycles. The van der Waals surface area contributed by atoms with Gasteiger partial charge in [-0.3, -0.25) is 4.79 Å². The number of hydrogen-bond acceptors (Lipinski definition) is 3. The number of nitrogens with zero attached hydrogens (tertiary/aromatic N) is 1. The molecule has 94 valence electrons. The van der Waals surface area contributed by atoms with E-state index >= 15 is 0 Å². The number of hydrogen-bond donors (Lipinski definition) is 1. The van der Waals surface area contributed by atoms with Gasteiger partial charge < -0.3 is 5.32 Å². The maximum absolute atomic E-state index is 11.1. The van der Waals surface area contributed by atoms with Crippen LogP contribution in [0, 0.1) is 0 Å². The van der Waals surface area contributed by atoms with E-state index in [1.54, 1.807) is 12.1 Å². The highest BCUT2D eigenvalue weighted by Crippen LogP contribution is 2.30. The van der Waals surface area contributed by atoms with Crippen LogP contribution < -0.4 is 5.32 Å². The lowest BCUT2D eigenvalue weighted by atomic mass is 10.2. The Bertz CT molecular complexity index is 585. The first-order chi connectivity index (χ1) is 8.60. The second-order valence-electron chi connectivity index (χ2n) is 3.35. The Balaban J connectivity index is 2.23. The summed E-state index contributed by atoms with van der Waals surface area (Å²) < 4.78 is 0. The minimum absolute atomic E-state index is 0.0955. The third-order valence-corrected chi connectivity index (χ3v) is 3.83. The van der Waals surface area contributed by atoms with Crippen molar-refractivity contribution in [3.63, 3.8) is 0 Å². The van der Waals surface area contributed by atoms with Crippen molar-refractivity contribution in [2.45, 2.75) is 0 Å². The highest BCUT2D eigenvalue weighted by atomic mass is 35.5. The summed E-state index contributed by atoms with van der Waals surface area (Å²) in [7, 11) is 0. The standard InChI is InChI=1S/C11H7Cl3N2OS/c12-4-10(17)16-11-15-9(5-18-11)6-1-2-7(13)8(14)3-6/h1-3,5H,4H2,(H,15,16,17). The van der Waals surface area contributed by atoms with Gasteiger partial charge in [0.1, 0.15) is 5.88 Å². The van der Waals surface area contributed by atoms with Gasteiger partial charge in [0.25, 0.3) is 0 Å². The van der Waals surface area contributed by atoms with Crippen molar-refractivity contribution in [2.75, 3.05) is 11.2 Å². The van der Waals surface area contributed by atoms with E-state index in [-0.39, 0.29) is 11.8 Å². The highest BCUT2D eigenvalue weighted by Gasteiger charge is 2.08. The van der Waals surface area contributed by atoms with Crippen LogP contribution in [0.5, 0.6) is 0 Å². The predicted molar refractivity (Wildman–Crippen MR) is 76.9 cm³/mol. The van der Waals surface area contributed by atoms with Crippen molar-refractivity contribution in [3.8, 4) is 11.3 Å². The molecular weight excluding hydrogens is 315 g/mol. The summed E-state index contributed by atoms with van der Waals surface area (Å²) in [4.78, 5) is 15.4. The SMILES string of the molecule is O=C(CCl)Nc1nc(-c2ccc(Cl)c(Cl)c2)cs1. The first kappa shape index (κ1) is 13.6. The van der Waals surface area contributed by atoms with E-state index in [0.717, 1.165) is 11.3 Å². The van der Waals surface area contributed by atoms with Gasteiger partial charge in [0.2, 0.25) is 5.91 Å². The molecule has 1 N–H and O–H groups in total. The summed E-state index contributed by atoms with van der Waals surface area (Å²) in [5, 5.41) is 5.87. The number of nitrogens with one attached hydrogen (secondary N) is 1. The largest absolute Gasteiger partial charge is 0.301 e. The molecule has 0 atom stereocenters. The number of alkyl halides is 1. The fourth-order valence-electron chi connectivity index (χ4n) is 1.27. The van der Waals surface area contributed by atoms with E-state index in [9.17, 15) is 4.79 Å². The fourth-order valence-corrected chi connectivity index (χ4v) is 2.37. The number of carbonyl (C=O) groups excluding carboxylic acids is 1. The van der Waals surface area contributed by atoms with Crippen molar-refractivity contribution in [2.24, 2.45) is 0 Å². The molecular formula is C11H7Cl3N2OS. The van der Waals surface area contributed by atoms with Crippen molar-refractivity contribution in [3.05, 3.63) is 33.6 Å². The Hall–Kier alpha value is -0.810. The molecule has 3 nitrogen and oxygen atoms in total. The lowest BCUT2D eigenvalue weighted by molar-refractivity contribution is -0.113. The van der Waals surface area contributed by atoms with Crippen LogP contribution in [0.3, 0.4) is 0 Å². The number of benzene rings is 1. The van der Waals surface area contributed by atoms with Crippen LogP contribution in [0.1, 0.15) is 0 Å². The summed E-state index contributed by atoms with van der Waals surface area (Å²) in [6.45, 7) is 0. The van der Waals surface area contributed by atoms with Crippen molar-refractivity contribution in [1.29, 1.82) is 0 Å². The molecule has 2 rings (SSSR count). The van der Waals surface area contributed by atoms with Crippen LogP contribution in [0.2, 0.25) is 10.0 Å². The smallest absolute Gasteiger partial charge is 0.241 e. The summed E-state index contributed by atoms with van der Waals surface area (Å²) in [5.41, 5.74) is 1.57. The van der Waals surface area contributed by atoms with Crippen molar-refractivity contribution < 1.29 is 4.79 Å². The van der Waals surface area contributed by atoms with Crippen LogP contribution >= 0.6 is 46.1 Å². The van der Waals surface area contributed by atoms with Crippen LogP contribution in [0.4, 0.5) is 5.13 Å². The van der Waals surface area contributed by atoms with Gasteiger partial charge in [-0.1, -0.05) is 29.3 Å². The van der Waals surface area contributed by atoms with Crippen LogP contribution in [0.25, 0.3) is 11.3 Å². The van der Waals surface area contributed by atoms with Crippen molar-refractivity contribution in [1.82, 2.24) is 4.98 Å². The van der Waals surface area contributed by atoms with Gasteiger partial charge in [-0.05, 0) is 12.1 Å². The Morgan fingerprint density at radius 3 is 2.78 bits per heavy atom. The van der Waals surface area contributed by atoms with E-state index in [4.69, 9.17) is 34.8 Å². The van der Waals surface area contributed by atoms with E-state index in [1.165, 1.54) is 11.3 Å². The number of aromatic nitrogens is 1. The van der Waals surface area contributed by atoms with Crippen LogP contribution in [-0.4, -0.2) is 16.8 Å². The van der Waals surface area contributed by atoms with E-state index in [0.29, 0.717) is 15.2 Å². The predicted octanol–water partition coefficient (Wildman–Crippen LogP) is 4.29. The number of halogens is 3. The quantitative estimate of drug-likeness (QED) is 0.857. The molecule has 0 aliphatic carbocycles. The second-order valence-corrected chi connectivity index (χ2v) is 5.29. The molecule has 1 aromatic carbocycles. The molecule has 1 aromatic heterocycles. The molecule has 0 spiro atoms. The minimum atomic E-state index is -0.285. The zero-order valence-corrected chi connectivity index (χ0v) is 12.0. The normalized spacial score (nSPS) is 10.4. The lowest BCUT2D eigenvalue weighted by Gasteiger charge is -1.99. The summed E-state index contributed by atoms with van der Waals surface area (Å²) in [5.74, 6) is -0.381. The second kappa shape index (κ2) is 5.89. The first-order valence-electron chi connectivity index (χ1n) is 4.87. The number of thiazole rings is 1. The molecule has 0 fully saturated rings. The lowest BCUT2D eigenvalue weighted by Crippen LogP contribution is -2.12. The van der Waals surface area contributed by atoms with E-state index in [1.807, 2.05) is 11.4 Å². The molecule has 0 radical (unpaired) electrons. The Labute approximate surface area is 123 Å². The van der Waals surface area contributed by atoms with Gasteiger partial charge in [-0.25, -0.2) is 4.98 Å². The Morgan fingerprint density at radius 2 is 2.11 bits per heavy atom. The van der Waals surface area contributed by atoms with E-state index in [2.05, 4.69) is 10.3 Å². The third kappa shape index (κ3) is 3.14. The number of rotatable bonds is 3. The molecule has 18 heavy (non-hydrogen) atoms. The topological polar surface area (TPSA) is 42.0 Å². The summed E-state index contributed by atoms with van der Waals surface area (Å²) in [6.07, 6.45) is 0. The van der Waals surface area contributed by atoms with Gasteiger partial charge in [0.15, 0.2) is 5.13 Å². The summed E-state index contributed by atoms with van der Waals surface area (Å²) in [6, 6.07) is 5.25. The number of amides is 1. The molecule has 1 amide bonds. The van der Waals surface area contributed by atoms with Gasteiger partial charge in [-0.15, -0.1) is 22.9 Å². The van der Waals surface area contributed by atoms with Gasteiger partial charge >= 0.3 is 0 Å². The monoisotopic (exact) mass is 320 g/mol. The van der Waals surface area contributed by atoms with Gasteiger partial charge in [0, 0.05) is 10.9 Å². The Kier molecular flexibility index (Phi) is 4.45. The number of carbonyl (C=O) groups is 1. The third-order valence-electron chi connectivity index (χ3n) is 2.09. The minimum Gasteiger partial charge on any atom is -0.301 e. The molecule has 1 heterocycles. The maximum atomic E-state index is 11.1. The van der Waals surface area contributed by atoms with Crippen LogP contribution in [0.15, 0.2) is 23.6 Å². The first-order valence-corrected chi connectivity index (χ1v) is 7.04. The maximum Gasteiger partial charge on any atom is 0.241 e. The van der Waals surface area contributed by atoms with Crippen LogP contribution in [-0.2, 0) is 4.79 Å².